The van der Waals surface area contributed by atoms with Crippen LogP contribution in [0.1, 0.15) is 49.1 Å². The molecule has 1 N–H and O–H groups in total. The van der Waals surface area contributed by atoms with Crippen LogP contribution in [0.25, 0.3) is 0 Å². The number of nitrogens with one attached hydrogen (secondary N) is 1. The molecule has 1 heterocycles. The summed E-state index contributed by atoms with van der Waals surface area (Å²) < 4.78 is 12.5. The standard InChI is InChI=1S/C33H32N2O4/c1-32(2,3)39-31(37)34-33(38-29(25-17-9-5-10-18-25)26-19-11-6-12-20-26)27-21-13-14-22-28(27)35(30(33)36)23-24-15-7-4-8-16-24/h4-22,29H,23H2,1-3H3,(H,34,37)/t33-/m1/s1. The highest BCUT2D eigenvalue weighted by molar-refractivity contribution is 6.08. The van der Waals surface area contributed by atoms with Gasteiger partial charge >= 0.3 is 6.09 Å². The molecule has 0 aliphatic carbocycles. The minimum Gasteiger partial charge on any atom is -0.444 e. The van der Waals surface area contributed by atoms with Crippen LogP contribution in [0.15, 0.2) is 115 Å². The SMILES string of the molecule is CC(C)(C)OC(=O)N[C@]1(OC(c2ccccc2)c2ccccc2)C(=O)N(Cc2ccccc2)c2ccccc21. The van der Waals surface area contributed by atoms with E-state index in [0.717, 1.165) is 16.7 Å². The Balaban J connectivity index is 1.64. The van der Waals surface area contributed by atoms with Crippen molar-refractivity contribution in [2.45, 2.75) is 44.7 Å². The predicted octanol–water partition coefficient (Wildman–Crippen LogP) is 6.72. The minimum atomic E-state index is -1.83. The summed E-state index contributed by atoms with van der Waals surface area (Å²) >= 11 is 0. The van der Waals surface area contributed by atoms with Gasteiger partial charge in [-0.15, -0.1) is 0 Å². The van der Waals surface area contributed by atoms with Crippen molar-refractivity contribution in [2.24, 2.45) is 0 Å². The van der Waals surface area contributed by atoms with E-state index >= 15 is 0 Å². The fourth-order valence-corrected chi connectivity index (χ4v) is 4.82. The highest BCUT2D eigenvalue weighted by Gasteiger charge is 2.55. The van der Waals surface area contributed by atoms with E-state index in [2.05, 4.69) is 5.32 Å². The van der Waals surface area contributed by atoms with Crippen LogP contribution in [0, 0.1) is 0 Å². The number of para-hydroxylation sites is 1. The van der Waals surface area contributed by atoms with E-state index in [1.54, 1.807) is 25.7 Å². The molecule has 0 radical (unpaired) electrons. The molecular formula is C33H32N2O4. The Kier molecular flexibility index (Phi) is 7.22. The molecule has 1 aliphatic rings. The molecule has 0 bridgehead atoms. The minimum absolute atomic E-state index is 0.319. The van der Waals surface area contributed by atoms with E-state index in [-0.39, 0.29) is 0 Å². The first-order valence-electron chi connectivity index (χ1n) is 13.0. The molecule has 1 aliphatic heterocycles. The maximum atomic E-state index is 14.5. The van der Waals surface area contributed by atoms with Crippen molar-refractivity contribution in [3.8, 4) is 0 Å². The summed E-state index contributed by atoms with van der Waals surface area (Å²) in [4.78, 5) is 29.5. The lowest BCUT2D eigenvalue weighted by molar-refractivity contribution is -0.156. The third kappa shape index (κ3) is 5.56. The van der Waals surface area contributed by atoms with Gasteiger partial charge in [-0.05, 0) is 43.5 Å². The largest absolute Gasteiger partial charge is 0.444 e. The van der Waals surface area contributed by atoms with Crippen molar-refractivity contribution in [2.75, 3.05) is 4.90 Å². The lowest BCUT2D eigenvalue weighted by Gasteiger charge is -2.35. The molecule has 0 saturated carbocycles. The Morgan fingerprint density at radius 2 is 1.31 bits per heavy atom. The summed E-state index contributed by atoms with van der Waals surface area (Å²) in [7, 11) is 0. The maximum Gasteiger partial charge on any atom is 0.410 e. The molecule has 1 atom stereocenters. The van der Waals surface area contributed by atoms with Crippen LogP contribution in [-0.2, 0) is 26.5 Å². The molecule has 4 aromatic carbocycles. The monoisotopic (exact) mass is 520 g/mol. The Morgan fingerprint density at radius 1 is 0.795 bits per heavy atom. The Morgan fingerprint density at radius 3 is 1.87 bits per heavy atom. The quantitative estimate of drug-likeness (QED) is 0.275. The molecule has 6 heteroatoms. The second-order valence-electron chi connectivity index (χ2n) is 10.5. The summed E-state index contributed by atoms with van der Waals surface area (Å²) in [5, 5.41) is 2.87. The number of amides is 2. The third-order valence-corrected chi connectivity index (χ3v) is 6.48. The molecule has 0 spiro atoms. The van der Waals surface area contributed by atoms with E-state index < -0.39 is 29.4 Å². The second-order valence-corrected chi connectivity index (χ2v) is 10.5. The Hall–Kier alpha value is -4.42. The number of fused-ring (bicyclic) bond motifs is 1. The number of carbonyl (C=O) groups is 2. The fourth-order valence-electron chi connectivity index (χ4n) is 4.82. The van der Waals surface area contributed by atoms with E-state index in [1.165, 1.54) is 0 Å². The van der Waals surface area contributed by atoms with Gasteiger partial charge in [-0.3, -0.25) is 10.1 Å². The zero-order chi connectivity index (χ0) is 27.5. The van der Waals surface area contributed by atoms with Gasteiger partial charge in [-0.2, -0.15) is 0 Å². The van der Waals surface area contributed by atoms with Gasteiger partial charge in [0.15, 0.2) is 0 Å². The van der Waals surface area contributed by atoms with Crippen LogP contribution < -0.4 is 10.2 Å². The number of anilines is 1. The van der Waals surface area contributed by atoms with Crippen LogP contribution in [0.4, 0.5) is 10.5 Å². The van der Waals surface area contributed by atoms with Gasteiger partial charge in [0.2, 0.25) is 0 Å². The number of hydrogen-bond donors (Lipinski definition) is 1. The zero-order valence-electron chi connectivity index (χ0n) is 22.3. The Labute approximate surface area is 229 Å². The first kappa shape index (κ1) is 26.2. The molecule has 0 fully saturated rings. The van der Waals surface area contributed by atoms with Crippen LogP contribution in [0.2, 0.25) is 0 Å². The fraction of sp³-hybridized carbons (Fsp3) is 0.212. The van der Waals surface area contributed by atoms with Gasteiger partial charge in [0, 0.05) is 5.56 Å². The van der Waals surface area contributed by atoms with Crippen molar-refractivity contribution >= 4 is 17.7 Å². The molecule has 0 unspecified atom stereocenters. The van der Waals surface area contributed by atoms with E-state index in [0.29, 0.717) is 17.8 Å². The highest BCUT2D eigenvalue weighted by atomic mass is 16.6. The number of carbonyl (C=O) groups excluding carboxylic acids is 2. The summed E-state index contributed by atoms with van der Waals surface area (Å²) in [5.41, 5.74) is 1.27. The molecule has 5 rings (SSSR count). The molecule has 6 nitrogen and oxygen atoms in total. The predicted molar refractivity (Wildman–Crippen MR) is 151 cm³/mol. The molecule has 198 valence electrons. The van der Waals surface area contributed by atoms with E-state index in [9.17, 15) is 9.59 Å². The number of hydrogen-bond acceptors (Lipinski definition) is 4. The van der Waals surface area contributed by atoms with Crippen molar-refractivity contribution in [1.82, 2.24) is 5.32 Å². The number of rotatable bonds is 7. The average molecular weight is 521 g/mol. The normalized spacial score (nSPS) is 16.7. The summed E-state index contributed by atoms with van der Waals surface area (Å²) in [5.74, 6) is -0.393. The van der Waals surface area contributed by atoms with Crippen molar-refractivity contribution in [1.29, 1.82) is 0 Å². The first-order chi connectivity index (χ1) is 18.8. The van der Waals surface area contributed by atoms with Crippen molar-refractivity contribution in [3.63, 3.8) is 0 Å². The van der Waals surface area contributed by atoms with Crippen molar-refractivity contribution in [3.05, 3.63) is 138 Å². The van der Waals surface area contributed by atoms with Crippen LogP contribution in [0.5, 0.6) is 0 Å². The highest BCUT2D eigenvalue weighted by Crippen LogP contribution is 2.45. The summed E-state index contributed by atoms with van der Waals surface area (Å²) in [6.45, 7) is 5.66. The van der Waals surface area contributed by atoms with Crippen molar-refractivity contribution < 1.29 is 19.1 Å². The molecule has 0 saturated heterocycles. The second kappa shape index (κ2) is 10.8. The lowest BCUT2D eigenvalue weighted by Crippen LogP contribution is -2.56. The van der Waals surface area contributed by atoms with E-state index in [4.69, 9.17) is 9.47 Å². The number of nitrogens with zero attached hydrogens (tertiary/aromatic N) is 1. The topological polar surface area (TPSA) is 67.9 Å². The van der Waals surface area contributed by atoms with Gasteiger partial charge in [-0.1, -0.05) is 109 Å². The molecule has 39 heavy (non-hydrogen) atoms. The van der Waals surface area contributed by atoms with Gasteiger partial charge < -0.3 is 14.4 Å². The van der Waals surface area contributed by atoms with Gasteiger partial charge in [0.25, 0.3) is 11.6 Å². The van der Waals surface area contributed by atoms with Crippen LogP contribution in [0.3, 0.4) is 0 Å². The maximum absolute atomic E-state index is 14.5. The first-order valence-corrected chi connectivity index (χ1v) is 13.0. The third-order valence-electron chi connectivity index (χ3n) is 6.48. The zero-order valence-corrected chi connectivity index (χ0v) is 22.3. The van der Waals surface area contributed by atoms with Gasteiger partial charge in [0.1, 0.15) is 11.7 Å². The smallest absolute Gasteiger partial charge is 0.410 e. The Bertz CT molecular complexity index is 1400. The average Bonchev–Trinajstić information content (AvgIpc) is 3.15. The molecular weight excluding hydrogens is 488 g/mol. The van der Waals surface area contributed by atoms with Crippen LogP contribution in [-0.4, -0.2) is 17.6 Å². The van der Waals surface area contributed by atoms with Crippen LogP contribution >= 0.6 is 0 Å². The summed E-state index contributed by atoms with van der Waals surface area (Å²) in [6, 6.07) is 36.5. The number of alkyl carbamates (subject to hydrolysis) is 1. The summed E-state index contributed by atoms with van der Waals surface area (Å²) in [6.07, 6.45) is -1.40. The number of ether oxygens (including phenoxy) is 2. The van der Waals surface area contributed by atoms with Gasteiger partial charge in [-0.25, -0.2) is 4.79 Å². The molecule has 2 amide bonds. The number of benzene rings is 4. The van der Waals surface area contributed by atoms with E-state index in [1.807, 2.05) is 115 Å². The van der Waals surface area contributed by atoms with Gasteiger partial charge in [0.05, 0.1) is 12.2 Å². The molecule has 0 aromatic heterocycles. The molecule has 4 aromatic rings. The lowest BCUT2D eigenvalue weighted by atomic mass is 9.98.